The van der Waals surface area contributed by atoms with Gasteiger partial charge in [-0.15, -0.1) is 0 Å². The summed E-state index contributed by atoms with van der Waals surface area (Å²) in [4.78, 5) is 27.6. The van der Waals surface area contributed by atoms with Crippen molar-refractivity contribution in [1.82, 2.24) is 10.2 Å². The van der Waals surface area contributed by atoms with Crippen LogP contribution < -0.4 is 19.1 Å². The van der Waals surface area contributed by atoms with E-state index >= 15 is 0 Å². The Kier molecular flexibility index (Phi) is 9.72. The summed E-state index contributed by atoms with van der Waals surface area (Å²) in [7, 11) is -1.09. The van der Waals surface area contributed by atoms with E-state index in [4.69, 9.17) is 9.47 Å². The molecule has 0 aliphatic carbocycles. The fourth-order valence-electron chi connectivity index (χ4n) is 3.84. The third-order valence-electron chi connectivity index (χ3n) is 5.97. The Morgan fingerprint density at radius 3 is 2.08 bits per heavy atom. The molecule has 10 heteroatoms. The number of likely N-dealkylation sites (N-methyl/N-ethyl adjacent to an activating group) is 1. The van der Waals surface area contributed by atoms with Gasteiger partial charge in [0.15, 0.2) is 0 Å². The van der Waals surface area contributed by atoms with E-state index in [9.17, 15) is 18.0 Å². The molecule has 0 aliphatic heterocycles. The highest BCUT2D eigenvalue weighted by atomic mass is 32.2. The lowest BCUT2D eigenvalue weighted by atomic mass is 10.1. The zero-order valence-electron chi connectivity index (χ0n) is 22.0. The van der Waals surface area contributed by atoms with Gasteiger partial charge in [-0.05, 0) is 67.9 Å². The van der Waals surface area contributed by atoms with Gasteiger partial charge in [0.05, 0.1) is 24.3 Å². The smallest absolute Gasteiger partial charge is 0.264 e. The van der Waals surface area contributed by atoms with Gasteiger partial charge in [0.1, 0.15) is 24.1 Å². The number of hydrogen-bond acceptors (Lipinski definition) is 6. The zero-order valence-corrected chi connectivity index (χ0v) is 22.8. The number of carbonyl (C=O) groups is 2. The molecule has 0 saturated carbocycles. The number of para-hydroxylation sites is 1. The number of carbonyl (C=O) groups excluding carboxylic acids is 2. The third kappa shape index (κ3) is 6.83. The van der Waals surface area contributed by atoms with E-state index in [1.807, 2.05) is 6.92 Å². The summed E-state index contributed by atoms with van der Waals surface area (Å²) in [5, 5.41) is 2.56. The van der Waals surface area contributed by atoms with Crippen LogP contribution in [-0.2, 0) is 26.2 Å². The highest BCUT2D eigenvalue weighted by molar-refractivity contribution is 7.92. The van der Waals surface area contributed by atoms with Crippen LogP contribution in [0.4, 0.5) is 5.69 Å². The number of methoxy groups -OCH3 is 1. The number of nitrogens with zero attached hydrogens (tertiary/aromatic N) is 2. The largest absolute Gasteiger partial charge is 0.497 e. The van der Waals surface area contributed by atoms with Crippen molar-refractivity contribution in [3.05, 3.63) is 84.4 Å². The lowest BCUT2D eigenvalue weighted by Gasteiger charge is -2.31. The molecule has 0 saturated heterocycles. The van der Waals surface area contributed by atoms with Crippen LogP contribution >= 0.6 is 0 Å². The Bertz CT molecular complexity index is 1310. The molecule has 0 radical (unpaired) electrons. The quantitative estimate of drug-likeness (QED) is 0.378. The monoisotopic (exact) mass is 539 g/mol. The van der Waals surface area contributed by atoms with Crippen LogP contribution in [0, 0.1) is 0 Å². The van der Waals surface area contributed by atoms with Crippen LogP contribution in [0.15, 0.2) is 83.8 Å². The van der Waals surface area contributed by atoms with Crippen molar-refractivity contribution in [2.24, 2.45) is 0 Å². The Balaban J connectivity index is 1.97. The molecule has 3 aromatic carbocycles. The Labute approximate surface area is 224 Å². The predicted molar refractivity (Wildman–Crippen MR) is 146 cm³/mol. The van der Waals surface area contributed by atoms with Crippen LogP contribution in [0.25, 0.3) is 0 Å². The molecule has 2 amide bonds. The van der Waals surface area contributed by atoms with E-state index in [2.05, 4.69) is 5.32 Å². The van der Waals surface area contributed by atoms with E-state index in [0.717, 1.165) is 9.87 Å². The fourth-order valence-corrected chi connectivity index (χ4v) is 5.26. The molecule has 3 aromatic rings. The first kappa shape index (κ1) is 28.5. The second-order valence-electron chi connectivity index (χ2n) is 8.41. The van der Waals surface area contributed by atoms with Gasteiger partial charge in [-0.25, -0.2) is 8.42 Å². The summed E-state index contributed by atoms with van der Waals surface area (Å²) in [6.07, 6.45) is 0. The first-order valence-corrected chi connectivity index (χ1v) is 13.6. The normalized spacial score (nSPS) is 11.8. The van der Waals surface area contributed by atoms with Crippen LogP contribution in [-0.4, -0.2) is 58.5 Å². The van der Waals surface area contributed by atoms with Gasteiger partial charge in [0, 0.05) is 13.6 Å². The lowest BCUT2D eigenvalue weighted by molar-refractivity contribution is -0.139. The molecule has 0 bridgehead atoms. The second-order valence-corrected chi connectivity index (χ2v) is 10.3. The maximum atomic E-state index is 13.8. The number of sulfonamides is 1. The summed E-state index contributed by atoms with van der Waals surface area (Å²) >= 11 is 0. The maximum Gasteiger partial charge on any atom is 0.264 e. The number of amides is 2. The van der Waals surface area contributed by atoms with Crippen molar-refractivity contribution in [3.8, 4) is 11.5 Å². The summed E-state index contributed by atoms with van der Waals surface area (Å²) in [5.74, 6) is 0.296. The first-order valence-electron chi connectivity index (χ1n) is 12.2. The van der Waals surface area contributed by atoms with E-state index < -0.39 is 28.5 Å². The molecule has 0 aliphatic rings. The molecular weight excluding hydrogens is 506 g/mol. The molecule has 38 heavy (non-hydrogen) atoms. The molecule has 0 unspecified atom stereocenters. The third-order valence-corrected chi connectivity index (χ3v) is 7.76. The molecule has 0 aromatic heterocycles. The first-order chi connectivity index (χ1) is 18.2. The van der Waals surface area contributed by atoms with Crippen LogP contribution in [0.1, 0.15) is 19.4 Å². The summed E-state index contributed by atoms with van der Waals surface area (Å²) in [6.45, 7) is 3.49. The van der Waals surface area contributed by atoms with E-state index in [0.29, 0.717) is 23.8 Å². The Morgan fingerprint density at radius 2 is 1.53 bits per heavy atom. The van der Waals surface area contributed by atoms with Gasteiger partial charge >= 0.3 is 0 Å². The minimum Gasteiger partial charge on any atom is -0.497 e. The highest BCUT2D eigenvalue weighted by Gasteiger charge is 2.32. The average Bonchev–Trinajstić information content (AvgIpc) is 2.94. The topological polar surface area (TPSA) is 105 Å². The van der Waals surface area contributed by atoms with Gasteiger partial charge in [-0.1, -0.05) is 30.3 Å². The molecule has 3 rings (SSSR count). The number of nitrogens with one attached hydrogen (secondary N) is 1. The highest BCUT2D eigenvalue weighted by Crippen LogP contribution is 2.26. The van der Waals surface area contributed by atoms with Gasteiger partial charge in [-0.2, -0.15) is 0 Å². The second kappa shape index (κ2) is 13.0. The van der Waals surface area contributed by atoms with Crippen LogP contribution in [0.3, 0.4) is 0 Å². The Morgan fingerprint density at radius 1 is 0.921 bits per heavy atom. The van der Waals surface area contributed by atoms with Crippen molar-refractivity contribution in [1.29, 1.82) is 0 Å². The molecule has 202 valence electrons. The number of hydrogen-bond donors (Lipinski definition) is 1. The Hall–Kier alpha value is -4.05. The van der Waals surface area contributed by atoms with E-state index in [1.54, 1.807) is 80.8 Å². The van der Waals surface area contributed by atoms with Crippen molar-refractivity contribution in [3.63, 3.8) is 0 Å². The number of anilines is 1. The molecule has 9 nitrogen and oxygen atoms in total. The molecule has 1 atom stereocenters. The van der Waals surface area contributed by atoms with Crippen LogP contribution in [0.2, 0.25) is 0 Å². The number of rotatable bonds is 12. The van der Waals surface area contributed by atoms with Crippen molar-refractivity contribution in [2.45, 2.75) is 31.3 Å². The number of benzene rings is 3. The van der Waals surface area contributed by atoms with Crippen molar-refractivity contribution >= 4 is 27.5 Å². The maximum absolute atomic E-state index is 13.8. The van der Waals surface area contributed by atoms with E-state index in [1.165, 1.54) is 24.1 Å². The average molecular weight is 540 g/mol. The molecule has 1 N–H and O–H groups in total. The van der Waals surface area contributed by atoms with Crippen molar-refractivity contribution < 1.29 is 27.5 Å². The fraction of sp³-hybridized carbons (Fsp3) is 0.286. The standard InChI is InChI=1S/C28H33N3O6S/c1-5-37-25-15-17-26(18-16-25)38(34,35)31(23-9-7-6-8-10-23)20-27(32)30(21(2)28(33)29-3)19-22-11-13-24(36-4)14-12-22/h6-18,21H,5,19-20H2,1-4H3,(H,29,33)/t21-/m0/s1. The molecule has 0 spiro atoms. The molecular formula is C28H33N3O6S. The molecule has 0 fully saturated rings. The summed E-state index contributed by atoms with van der Waals surface area (Å²) in [6, 6.07) is 20.7. The minimum atomic E-state index is -4.13. The SMILES string of the molecule is CCOc1ccc(S(=O)(=O)N(CC(=O)N(Cc2ccc(OC)cc2)[C@@H](C)C(=O)NC)c2ccccc2)cc1. The minimum absolute atomic E-state index is 0.0126. The molecule has 0 heterocycles. The summed E-state index contributed by atoms with van der Waals surface area (Å²) in [5.41, 5.74) is 1.09. The van der Waals surface area contributed by atoms with Crippen molar-refractivity contribution in [2.75, 3.05) is 31.6 Å². The van der Waals surface area contributed by atoms with Gasteiger partial charge in [-0.3, -0.25) is 13.9 Å². The summed E-state index contributed by atoms with van der Waals surface area (Å²) < 4.78 is 39.2. The lowest BCUT2D eigenvalue weighted by Crippen LogP contribution is -2.50. The zero-order chi connectivity index (χ0) is 27.7. The predicted octanol–water partition coefficient (Wildman–Crippen LogP) is 3.45. The van der Waals surface area contributed by atoms with Gasteiger partial charge < -0.3 is 19.7 Å². The van der Waals surface area contributed by atoms with Gasteiger partial charge in [0.2, 0.25) is 11.8 Å². The van der Waals surface area contributed by atoms with Crippen LogP contribution in [0.5, 0.6) is 11.5 Å². The van der Waals surface area contributed by atoms with E-state index in [-0.39, 0.29) is 17.3 Å². The van der Waals surface area contributed by atoms with Gasteiger partial charge in [0.25, 0.3) is 10.0 Å². The number of ether oxygens (including phenoxy) is 2.